The third kappa shape index (κ3) is 3.45. The van der Waals surface area contributed by atoms with E-state index >= 15 is 0 Å². The number of aromatic nitrogens is 2. The lowest BCUT2D eigenvalue weighted by Crippen LogP contribution is -2.44. The first-order valence-electron chi connectivity index (χ1n) is 7.84. The molecule has 6 nitrogen and oxygen atoms in total. The molecule has 0 atom stereocenters. The maximum Gasteiger partial charge on any atom is 0.233 e. The normalized spacial score (nSPS) is 17.7. The quantitative estimate of drug-likeness (QED) is 0.856. The maximum absolute atomic E-state index is 12.2. The average molecular weight is 335 g/mol. The van der Waals surface area contributed by atoms with E-state index in [4.69, 9.17) is 4.74 Å². The second-order valence-corrected chi connectivity index (χ2v) is 8.50. The van der Waals surface area contributed by atoms with Crippen LogP contribution in [-0.4, -0.2) is 47.1 Å². The summed E-state index contributed by atoms with van der Waals surface area (Å²) in [6, 6.07) is 7.63. The molecule has 0 unspecified atom stereocenters. The van der Waals surface area contributed by atoms with Gasteiger partial charge >= 0.3 is 0 Å². The van der Waals surface area contributed by atoms with E-state index in [1.54, 1.807) is 24.3 Å². The first-order chi connectivity index (χ1) is 11.0. The van der Waals surface area contributed by atoms with Crippen molar-refractivity contribution in [1.82, 2.24) is 14.3 Å². The van der Waals surface area contributed by atoms with E-state index in [0.717, 1.165) is 11.0 Å². The first-order valence-corrected chi connectivity index (χ1v) is 9.34. The zero-order chi connectivity index (χ0) is 16.4. The van der Waals surface area contributed by atoms with Gasteiger partial charge in [-0.15, -0.1) is 0 Å². The number of para-hydroxylation sites is 2. The molecule has 0 amide bonds. The van der Waals surface area contributed by atoms with Crippen LogP contribution < -0.4 is 4.74 Å². The summed E-state index contributed by atoms with van der Waals surface area (Å²) in [4.78, 5) is 8.78. The van der Waals surface area contributed by atoms with Crippen molar-refractivity contribution in [2.75, 3.05) is 13.1 Å². The number of hydrogen-bond acceptors (Lipinski definition) is 5. The summed E-state index contributed by atoms with van der Waals surface area (Å²) in [5.74, 6) is 0.494. The van der Waals surface area contributed by atoms with Crippen molar-refractivity contribution in [3.05, 3.63) is 30.5 Å². The number of hydrogen-bond donors (Lipinski definition) is 0. The van der Waals surface area contributed by atoms with Crippen molar-refractivity contribution in [1.29, 1.82) is 0 Å². The van der Waals surface area contributed by atoms with E-state index in [-0.39, 0.29) is 11.4 Å². The van der Waals surface area contributed by atoms with Gasteiger partial charge in [0.05, 0.1) is 22.5 Å². The molecule has 2 aromatic rings. The summed E-state index contributed by atoms with van der Waals surface area (Å²) in [6.07, 6.45) is 2.93. The van der Waals surface area contributed by atoms with Crippen LogP contribution in [0.3, 0.4) is 0 Å². The van der Waals surface area contributed by atoms with E-state index in [0.29, 0.717) is 31.8 Å². The fourth-order valence-electron chi connectivity index (χ4n) is 2.67. The van der Waals surface area contributed by atoms with Crippen molar-refractivity contribution < 1.29 is 13.2 Å². The third-order valence-corrected chi connectivity index (χ3v) is 6.35. The summed E-state index contributed by atoms with van der Waals surface area (Å²) in [5.41, 5.74) is 1.63. The molecule has 1 aromatic heterocycles. The van der Waals surface area contributed by atoms with Gasteiger partial charge in [0, 0.05) is 13.1 Å². The Morgan fingerprint density at radius 3 is 2.48 bits per heavy atom. The molecule has 124 valence electrons. The largest absolute Gasteiger partial charge is 0.473 e. The molecular weight excluding hydrogens is 314 g/mol. The summed E-state index contributed by atoms with van der Waals surface area (Å²) in [6.45, 7) is 4.41. The van der Waals surface area contributed by atoms with Crippen LogP contribution in [0.15, 0.2) is 30.5 Å². The Labute approximate surface area is 136 Å². The topological polar surface area (TPSA) is 72.4 Å². The van der Waals surface area contributed by atoms with Gasteiger partial charge in [0.15, 0.2) is 0 Å². The highest BCUT2D eigenvalue weighted by Gasteiger charge is 2.30. The molecule has 1 aliphatic heterocycles. The standard InChI is InChI=1S/C16H21N3O3S/c1-12(2)23(20,21)19-9-7-13(8-10-19)22-16-11-17-14-5-3-4-6-15(14)18-16/h3-6,11-13H,7-10H2,1-2H3. The number of fused-ring (bicyclic) bond motifs is 1. The summed E-state index contributed by atoms with van der Waals surface area (Å²) in [5, 5.41) is -0.383. The molecular formula is C16H21N3O3S. The monoisotopic (exact) mass is 335 g/mol. The van der Waals surface area contributed by atoms with Crippen LogP contribution in [0, 0.1) is 0 Å². The molecule has 23 heavy (non-hydrogen) atoms. The second-order valence-electron chi connectivity index (χ2n) is 6.01. The summed E-state index contributed by atoms with van der Waals surface area (Å²) >= 11 is 0. The van der Waals surface area contributed by atoms with Gasteiger partial charge < -0.3 is 4.74 Å². The Kier molecular flexibility index (Phi) is 4.50. The Morgan fingerprint density at radius 2 is 1.83 bits per heavy atom. The molecule has 1 fully saturated rings. The minimum absolute atomic E-state index is 0.0240. The van der Waals surface area contributed by atoms with Crippen molar-refractivity contribution in [2.24, 2.45) is 0 Å². The van der Waals surface area contributed by atoms with Crippen molar-refractivity contribution in [2.45, 2.75) is 38.0 Å². The van der Waals surface area contributed by atoms with Gasteiger partial charge in [-0.2, -0.15) is 0 Å². The van der Waals surface area contributed by atoms with Crippen LogP contribution in [0.5, 0.6) is 5.88 Å². The van der Waals surface area contributed by atoms with E-state index in [1.807, 2.05) is 24.3 Å². The van der Waals surface area contributed by atoms with Crippen LogP contribution in [-0.2, 0) is 10.0 Å². The second kappa shape index (κ2) is 6.41. The van der Waals surface area contributed by atoms with Gasteiger partial charge in [0.25, 0.3) is 0 Å². The predicted octanol–water partition coefficient (Wildman–Crippen LogP) is 2.21. The number of ether oxygens (including phenoxy) is 1. The van der Waals surface area contributed by atoms with Crippen LogP contribution in [0.2, 0.25) is 0 Å². The Hall–Kier alpha value is -1.73. The lowest BCUT2D eigenvalue weighted by atomic mass is 10.1. The van der Waals surface area contributed by atoms with E-state index in [1.165, 1.54) is 0 Å². The van der Waals surface area contributed by atoms with E-state index in [2.05, 4.69) is 9.97 Å². The minimum atomic E-state index is -3.18. The van der Waals surface area contributed by atoms with Gasteiger partial charge in [-0.1, -0.05) is 12.1 Å². The number of piperidine rings is 1. The predicted molar refractivity (Wildman–Crippen MR) is 88.8 cm³/mol. The van der Waals surface area contributed by atoms with Crippen molar-refractivity contribution in [3.63, 3.8) is 0 Å². The molecule has 0 aliphatic carbocycles. The summed E-state index contributed by atoms with van der Waals surface area (Å²) < 4.78 is 31.8. The molecule has 0 N–H and O–H groups in total. The van der Waals surface area contributed by atoms with Crippen molar-refractivity contribution >= 4 is 21.1 Å². The fraction of sp³-hybridized carbons (Fsp3) is 0.500. The van der Waals surface area contributed by atoms with Crippen LogP contribution >= 0.6 is 0 Å². The maximum atomic E-state index is 12.2. The molecule has 0 spiro atoms. The SMILES string of the molecule is CC(C)S(=O)(=O)N1CCC(Oc2cnc3ccccc3n2)CC1. The average Bonchev–Trinajstić information content (AvgIpc) is 2.55. The van der Waals surface area contributed by atoms with Crippen molar-refractivity contribution in [3.8, 4) is 5.88 Å². The number of rotatable bonds is 4. The van der Waals surface area contributed by atoms with Gasteiger partial charge in [0.1, 0.15) is 6.10 Å². The molecule has 7 heteroatoms. The van der Waals surface area contributed by atoms with Gasteiger partial charge in [-0.25, -0.2) is 22.7 Å². The third-order valence-electron chi connectivity index (χ3n) is 4.07. The lowest BCUT2D eigenvalue weighted by Gasteiger charge is -2.32. The highest BCUT2D eigenvalue weighted by molar-refractivity contribution is 7.89. The molecule has 0 saturated carbocycles. The first kappa shape index (κ1) is 16.1. The van der Waals surface area contributed by atoms with Gasteiger partial charge in [-0.05, 0) is 38.8 Å². The molecule has 1 aliphatic rings. The van der Waals surface area contributed by atoms with E-state index < -0.39 is 10.0 Å². The van der Waals surface area contributed by atoms with E-state index in [9.17, 15) is 8.42 Å². The fourth-order valence-corrected chi connectivity index (χ4v) is 3.99. The Balaban J connectivity index is 1.64. The zero-order valence-corrected chi connectivity index (χ0v) is 14.2. The van der Waals surface area contributed by atoms with Crippen LogP contribution in [0.25, 0.3) is 11.0 Å². The van der Waals surface area contributed by atoms with Crippen LogP contribution in [0.4, 0.5) is 0 Å². The number of sulfonamides is 1. The number of nitrogens with zero attached hydrogens (tertiary/aromatic N) is 3. The Bertz CT molecular complexity index is 784. The molecule has 2 heterocycles. The highest BCUT2D eigenvalue weighted by Crippen LogP contribution is 2.21. The van der Waals surface area contributed by atoms with Crippen LogP contribution in [0.1, 0.15) is 26.7 Å². The van der Waals surface area contributed by atoms with Gasteiger partial charge in [-0.3, -0.25) is 0 Å². The highest BCUT2D eigenvalue weighted by atomic mass is 32.2. The van der Waals surface area contributed by atoms with Gasteiger partial charge in [0.2, 0.25) is 15.9 Å². The Morgan fingerprint density at radius 1 is 1.17 bits per heavy atom. The zero-order valence-electron chi connectivity index (χ0n) is 13.3. The molecule has 1 aromatic carbocycles. The lowest BCUT2D eigenvalue weighted by molar-refractivity contribution is 0.129. The minimum Gasteiger partial charge on any atom is -0.473 e. The number of benzene rings is 1. The summed E-state index contributed by atoms with van der Waals surface area (Å²) in [7, 11) is -3.18. The molecule has 0 radical (unpaired) electrons. The molecule has 1 saturated heterocycles. The molecule has 3 rings (SSSR count). The smallest absolute Gasteiger partial charge is 0.233 e. The molecule has 0 bridgehead atoms.